The van der Waals surface area contributed by atoms with Crippen LogP contribution in [0.4, 0.5) is 0 Å². The maximum absolute atomic E-state index is 9.73. The average Bonchev–Trinajstić information content (AvgIpc) is 2.60. The summed E-state index contributed by atoms with van der Waals surface area (Å²) in [5.74, 6) is 1.92. The number of unbranched alkanes of at least 4 members (excludes halogenated alkanes) is 1. The lowest BCUT2D eigenvalue weighted by atomic mass is 10.00. The Hall–Kier alpha value is -0.590. The smallest absolute Gasteiger partial charge is 0.190 e. The predicted molar refractivity (Wildman–Crippen MR) is 70.0 cm³/mol. The number of hydrogen-bond donors (Lipinski definition) is 2. The van der Waals surface area contributed by atoms with Crippen molar-refractivity contribution in [1.82, 2.24) is 14.8 Å². The second-order valence-electron chi connectivity index (χ2n) is 4.60. The Morgan fingerprint density at radius 2 is 2.12 bits per heavy atom. The Kier molecular flexibility index (Phi) is 5.42. The topological polar surface area (TPSA) is 77.0 Å². The van der Waals surface area contributed by atoms with Crippen LogP contribution in [-0.4, -0.2) is 37.8 Å². The van der Waals surface area contributed by atoms with Crippen LogP contribution in [0, 0.1) is 6.92 Å². The molecule has 0 aliphatic heterocycles. The molecule has 0 saturated heterocycles. The third kappa shape index (κ3) is 4.65. The molecule has 0 spiro atoms. The highest BCUT2D eigenvalue weighted by Gasteiger charge is 2.16. The Labute approximate surface area is 107 Å². The van der Waals surface area contributed by atoms with Crippen LogP contribution in [0.25, 0.3) is 0 Å². The van der Waals surface area contributed by atoms with Gasteiger partial charge < -0.3 is 15.4 Å². The Morgan fingerprint density at radius 1 is 1.41 bits per heavy atom. The first kappa shape index (κ1) is 14.5. The standard InChI is InChI=1S/C11H22N4OS/c1-9-13-14-10(15(9)3)17-7-5-4-6-11(2,16)8-12/h16H,4-8,12H2,1-3H3. The van der Waals surface area contributed by atoms with Crippen LogP contribution >= 0.6 is 11.8 Å². The zero-order valence-electron chi connectivity index (χ0n) is 10.8. The third-order valence-corrected chi connectivity index (χ3v) is 3.94. The molecule has 0 saturated carbocycles. The molecule has 3 N–H and O–H groups in total. The van der Waals surface area contributed by atoms with E-state index in [4.69, 9.17) is 5.73 Å². The largest absolute Gasteiger partial charge is 0.389 e. The van der Waals surface area contributed by atoms with Crippen molar-refractivity contribution in [3.63, 3.8) is 0 Å². The molecule has 0 aromatic carbocycles. The molecule has 1 aromatic rings. The van der Waals surface area contributed by atoms with E-state index in [0.717, 1.165) is 36.0 Å². The molecule has 1 atom stereocenters. The number of nitrogens with two attached hydrogens (primary N) is 1. The summed E-state index contributed by atoms with van der Waals surface area (Å²) in [6, 6.07) is 0. The van der Waals surface area contributed by atoms with E-state index in [2.05, 4.69) is 10.2 Å². The second kappa shape index (κ2) is 6.37. The lowest BCUT2D eigenvalue weighted by Crippen LogP contribution is -2.33. The van der Waals surface area contributed by atoms with Gasteiger partial charge in [0.05, 0.1) is 5.60 Å². The SMILES string of the molecule is Cc1nnc(SCCCCC(C)(O)CN)n1C. The zero-order chi connectivity index (χ0) is 12.9. The van der Waals surface area contributed by atoms with Gasteiger partial charge >= 0.3 is 0 Å². The maximum Gasteiger partial charge on any atom is 0.190 e. The van der Waals surface area contributed by atoms with E-state index in [1.165, 1.54) is 0 Å². The minimum Gasteiger partial charge on any atom is -0.389 e. The molecule has 6 heteroatoms. The summed E-state index contributed by atoms with van der Waals surface area (Å²) in [5, 5.41) is 18.8. The molecular weight excluding hydrogens is 236 g/mol. The summed E-state index contributed by atoms with van der Waals surface area (Å²) in [7, 11) is 1.97. The van der Waals surface area contributed by atoms with E-state index >= 15 is 0 Å². The Morgan fingerprint density at radius 3 is 2.65 bits per heavy atom. The summed E-state index contributed by atoms with van der Waals surface area (Å²) in [4.78, 5) is 0. The van der Waals surface area contributed by atoms with Crippen molar-refractivity contribution in [2.45, 2.75) is 43.9 Å². The van der Waals surface area contributed by atoms with Crippen LogP contribution in [0.5, 0.6) is 0 Å². The van der Waals surface area contributed by atoms with Gasteiger partial charge in [-0.2, -0.15) is 0 Å². The van der Waals surface area contributed by atoms with E-state index in [1.807, 2.05) is 18.5 Å². The van der Waals surface area contributed by atoms with Crippen LogP contribution in [0.1, 0.15) is 32.0 Å². The lowest BCUT2D eigenvalue weighted by molar-refractivity contribution is 0.0577. The van der Waals surface area contributed by atoms with E-state index in [1.54, 1.807) is 18.7 Å². The van der Waals surface area contributed by atoms with Crippen molar-refractivity contribution in [2.24, 2.45) is 12.8 Å². The van der Waals surface area contributed by atoms with Gasteiger partial charge in [-0.1, -0.05) is 11.8 Å². The first-order valence-corrected chi connectivity index (χ1v) is 6.86. The van der Waals surface area contributed by atoms with Crippen molar-refractivity contribution >= 4 is 11.8 Å². The van der Waals surface area contributed by atoms with E-state index < -0.39 is 5.60 Å². The van der Waals surface area contributed by atoms with Crippen molar-refractivity contribution < 1.29 is 5.11 Å². The van der Waals surface area contributed by atoms with Crippen LogP contribution in [0.15, 0.2) is 5.16 Å². The molecule has 17 heavy (non-hydrogen) atoms. The van der Waals surface area contributed by atoms with Gasteiger partial charge in [0, 0.05) is 19.3 Å². The van der Waals surface area contributed by atoms with Gasteiger partial charge in [0.15, 0.2) is 5.16 Å². The molecule has 0 radical (unpaired) electrons. The number of hydrogen-bond acceptors (Lipinski definition) is 5. The molecule has 0 aliphatic carbocycles. The first-order valence-electron chi connectivity index (χ1n) is 5.87. The molecule has 0 fully saturated rings. The summed E-state index contributed by atoms with van der Waals surface area (Å²) in [6.45, 7) is 4.05. The third-order valence-electron chi connectivity index (χ3n) is 2.83. The van der Waals surface area contributed by atoms with Gasteiger partial charge in [-0.05, 0) is 33.1 Å². The molecule has 1 rings (SSSR count). The number of aryl methyl sites for hydroxylation is 1. The van der Waals surface area contributed by atoms with E-state index in [0.29, 0.717) is 6.54 Å². The Balaban J connectivity index is 2.19. The highest BCUT2D eigenvalue weighted by molar-refractivity contribution is 7.99. The molecule has 1 heterocycles. The fraction of sp³-hybridized carbons (Fsp3) is 0.818. The average molecular weight is 258 g/mol. The Bertz CT molecular complexity index is 351. The minimum atomic E-state index is -0.716. The van der Waals surface area contributed by atoms with Gasteiger partial charge in [0.1, 0.15) is 5.82 Å². The zero-order valence-corrected chi connectivity index (χ0v) is 11.6. The normalized spacial score (nSPS) is 14.9. The molecule has 5 nitrogen and oxygen atoms in total. The molecule has 0 amide bonds. The van der Waals surface area contributed by atoms with Crippen molar-refractivity contribution in [2.75, 3.05) is 12.3 Å². The summed E-state index contributed by atoms with van der Waals surface area (Å²) in [5.41, 5.74) is 4.74. The van der Waals surface area contributed by atoms with Crippen LogP contribution in [0.3, 0.4) is 0 Å². The number of rotatable bonds is 7. The van der Waals surface area contributed by atoms with Gasteiger partial charge in [0.25, 0.3) is 0 Å². The quantitative estimate of drug-likeness (QED) is 0.565. The fourth-order valence-corrected chi connectivity index (χ4v) is 2.34. The monoisotopic (exact) mass is 258 g/mol. The first-order chi connectivity index (χ1) is 7.96. The van der Waals surface area contributed by atoms with Gasteiger partial charge in [-0.3, -0.25) is 0 Å². The summed E-state index contributed by atoms with van der Waals surface area (Å²) in [6.07, 6.45) is 2.78. The molecule has 98 valence electrons. The maximum atomic E-state index is 9.73. The highest BCUT2D eigenvalue weighted by Crippen LogP contribution is 2.19. The van der Waals surface area contributed by atoms with Crippen LogP contribution in [0.2, 0.25) is 0 Å². The van der Waals surface area contributed by atoms with Crippen molar-refractivity contribution in [3.8, 4) is 0 Å². The van der Waals surface area contributed by atoms with Gasteiger partial charge in [-0.15, -0.1) is 10.2 Å². The number of nitrogens with zero attached hydrogens (tertiary/aromatic N) is 3. The molecule has 1 unspecified atom stereocenters. The number of aliphatic hydroxyl groups is 1. The molecule has 0 bridgehead atoms. The molecular formula is C11H22N4OS. The van der Waals surface area contributed by atoms with Crippen LogP contribution < -0.4 is 5.73 Å². The van der Waals surface area contributed by atoms with Crippen molar-refractivity contribution in [1.29, 1.82) is 0 Å². The summed E-state index contributed by atoms with van der Waals surface area (Å²) >= 11 is 1.70. The van der Waals surface area contributed by atoms with E-state index in [9.17, 15) is 5.11 Å². The molecule has 0 aliphatic rings. The van der Waals surface area contributed by atoms with Crippen molar-refractivity contribution in [3.05, 3.63) is 5.82 Å². The number of aromatic nitrogens is 3. The van der Waals surface area contributed by atoms with Gasteiger partial charge in [-0.25, -0.2) is 0 Å². The van der Waals surface area contributed by atoms with Crippen LogP contribution in [-0.2, 0) is 7.05 Å². The second-order valence-corrected chi connectivity index (χ2v) is 5.66. The fourth-order valence-electron chi connectivity index (χ4n) is 1.39. The predicted octanol–water partition coefficient (Wildman–Crippen LogP) is 1.10. The highest BCUT2D eigenvalue weighted by atomic mass is 32.2. The number of thioether (sulfide) groups is 1. The lowest BCUT2D eigenvalue weighted by Gasteiger charge is -2.20. The van der Waals surface area contributed by atoms with E-state index in [-0.39, 0.29) is 0 Å². The molecule has 1 aromatic heterocycles. The van der Waals surface area contributed by atoms with Gasteiger partial charge in [0.2, 0.25) is 0 Å². The summed E-state index contributed by atoms with van der Waals surface area (Å²) < 4.78 is 1.99. The minimum absolute atomic E-state index is 0.322.